The fraction of sp³-hybridized carbons (Fsp3) is 0.263. The maximum absolute atomic E-state index is 10.6. The lowest BCUT2D eigenvalue weighted by molar-refractivity contribution is -0.285. The summed E-state index contributed by atoms with van der Waals surface area (Å²) in [5, 5.41) is 27.9. The third kappa shape index (κ3) is 1.84. The zero-order valence-corrected chi connectivity index (χ0v) is 13.5. The van der Waals surface area contributed by atoms with Gasteiger partial charge in [-0.25, -0.2) is 0 Å². The molecule has 3 aromatic rings. The molecule has 0 aliphatic carbocycles. The molecule has 0 bridgehead atoms. The molecule has 0 aromatic heterocycles. The second-order valence-corrected chi connectivity index (χ2v) is 5.95. The number of hydrogen-bond acceptors (Lipinski definition) is 5. The molecule has 0 fully saturated rings. The van der Waals surface area contributed by atoms with E-state index in [1.54, 1.807) is 0 Å². The fourth-order valence-corrected chi connectivity index (χ4v) is 3.76. The summed E-state index contributed by atoms with van der Waals surface area (Å²) in [4.78, 5) is 0. The highest BCUT2D eigenvalue weighted by Crippen LogP contribution is 2.48. The average Bonchev–Trinajstić information content (AvgIpc) is 2.64. The minimum Gasteiger partial charge on any atom is -0.382 e. The van der Waals surface area contributed by atoms with Crippen molar-refractivity contribution >= 4 is 27.2 Å². The molecule has 0 spiro atoms. The van der Waals surface area contributed by atoms with Crippen LogP contribution in [-0.2, 0) is 15.3 Å². The normalized spacial score (nSPS) is 22.3. The van der Waals surface area contributed by atoms with Crippen LogP contribution in [0.1, 0.15) is 5.56 Å². The van der Waals surface area contributed by atoms with Crippen molar-refractivity contribution in [3.8, 4) is 0 Å². The predicted molar refractivity (Wildman–Crippen MR) is 92.8 cm³/mol. The zero-order valence-electron chi connectivity index (χ0n) is 13.5. The SMILES string of the molecule is COC1(OC)c2c(c3ccccc3c3ccccc23)NC(O)C1O. The van der Waals surface area contributed by atoms with E-state index in [0.29, 0.717) is 11.3 Å². The molecule has 1 aliphatic rings. The van der Waals surface area contributed by atoms with Crippen LogP contribution in [-0.4, -0.2) is 36.8 Å². The van der Waals surface area contributed by atoms with Crippen LogP contribution < -0.4 is 5.32 Å². The first-order valence-electron chi connectivity index (χ1n) is 7.81. The molecule has 1 aliphatic heterocycles. The largest absolute Gasteiger partial charge is 0.382 e. The number of nitrogens with one attached hydrogen (secondary N) is 1. The van der Waals surface area contributed by atoms with E-state index in [1.165, 1.54) is 14.2 Å². The number of methoxy groups -OCH3 is 2. The van der Waals surface area contributed by atoms with Gasteiger partial charge >= 0.3 is 0 Å². The second-order valence-electron chi connectivity index (χ2n) is 5.95. The van der Waals surface area contributed by atoms with Gasteiger partial charge < -0.3 is 25.0 Å². The molecule has 5 heteroatoms. The number of benzene rings is 3. The molecule has 4 rings (SSSR count). The van der Waals surface area contributed by atoms with Crippen LogP contribution >= 0.6 is 0 Å². The van der Waals surface area contributed by atoms with Crippen molar-refractivity contribution < 1.29 is 19.7 Å². The molecule has 0 amide bonds. The minimum absolute atomic E-state index is 0.694. The van der Waals surface area contributed by atoms with Crippen molar-refractivity contribution in [2.45, 2.75) is 18.1 Å². The van der Waals surface area contributed by atoms with E-state index < -0.39 is 18.1 Å². The van der Waals surface area contributed by atoms with Gasteiger partial charge in [0.25, 0.3) is 0 Å². The Kier molecular flexibility index (Phi) is 3.47. The standard InChI is InChI=1S/C19H19NO4/c1-23-19(24-2)15-13-9-5-3-7-11(13)12-8-4-6-10-14(12)16(15)20-18(22)17(19)21/h3-10,17-18,20-22H,1-2H3. The Labute approximate surface area is 139 Å². The Morgan fingerprint density at radius 1 is 0.833 bits per heavy atom. The van der Waals surface area contributed by atoms with E-state index in [1.807, 2.05) is 48.5 Å². The van der Waals surface area contributed by atoms with Gasteiger partial charge in [-0.3, -0.25) is 0 Å². The number of rotatable bonds is 2. The van der Waals surface area contributed by atoms with Gasteiger partial charge in [-0.2, -0.15) is 0 Å². The van der Waals surface area contributed by atoms with E-state index in [4.69, 9.17) is 9.47 Å². The van der Waals surface area contributed by atoms with Gasteiger partial charge in [-0.1, -0.05) is 48.5 Å². The molecule has 24 heavy (non-hydrogen) atoms. The number of aliphatic hydroxyl groups is 2. The Morgan fingerprint density at radius 2 is 1.33 bits per heavy atom. The van der Waals surface area contributed by atoms with E-state index >= 15 is 0 Å². The quantitative estimate of drug-likeness (QED) is 0.499. The van der Waals surface area contributed by atoms with Crippen LogP contribution in [0.25, 0.3) is 21.5 Å². The maximum Gasteiger partial charge on any atom is 0.228 e. The molecule has 5 nitrogen and oxygen atoms in total. The molecule has 1 heterocycles. The lowest BCUT2D eigenvalue weighted by atomic mass is 9.85. The van der Waals surface area contributed by atoms with Gasteiger partial charge in [0.15, 0.2) is 12.3 Å². The maximum atomic E-state index is 10.6. The van der Waals surface area contributed by atoms with Crippen molar-refractivity contribution in [1.29, 1.82) is 0 Å². The predicted octanol–water partition coefficient (Wildman–Crippen LogP) is 2.54. The molecule has 2 unspecified atom stereocenters. The highest BCUT2D eigenvalue weighted by molar-refractivity contribution is 6.15. The fourth-order valence-electron chi connectivity index (χ4n) is 3.76. The highest BCUT2D eigenvalue weighted by Gasteiger charge is 2.51. The topological polar surface area (TPSA) is 71.0 Å². The Bertz CT molecular complexity index is 920. The van der Waals surface area contributed by atoms with Crippen molar-refractivity contribution in [3.63, 3.8) is 0 Å². The van der Waals surface area contributed by atoms with Gasteiger partial charge in [-0.05, 0) is 16.2 Å². The first kappa shape index (κ1) is 15.4. The number of ether oxygens (including phenoxy) is 2. The minimum atomic E-state index is -1.45. The molecule has 0 saturated carbocycles. The van der Waals surface area contributed by atoms with Crippen LogP contribution in [0.2, 0.25) is 0 Å². The summed E-state index contributed by atoms with van der Waals surface area (Å²) in [5.74, 6) is -1.45. The molecule has 124 valence electrons. The molecule has 2 atom stereocenters. The lowest BCUT2D eigenvalue weighted by Gasteiger charge is -2.44. The monoisotopic (exact) mass is 325 g/mol. The number of anilines is 1. The summed E-state index contributed by atoms with van der Waals surface area (Å²) >= 11 is 0. The van der Waals surface area contributed by atoms with E-state index in [0.717, 1.165) is 21.5 Å². The van der Waals surface area contributed by atoms with Gasteiger partial charge in [0.2, 0.25) is 5.79 Å². The first-order chi connectivity index (χ1) is 11.6. The van der Waals surface area contributed by atoms with Crippen LogP contribution in [0.15, 0.2) is 48.5 Å². The van der Waals surface area contributed by atoms with Crippen LogP contribution in [0, 0.1) is 0 Å². The van der Waals surface area contributed by atoms with E-state index in [-0.39, 0.29) is 0 Å². The Balaban J connectivity index is 2.24. The number of aliphatic hydroxyl groups excluding tert-OH is 2. The van der Waals surface area contributed by atoms with Crippen molar-refractivity contribution in [1.82, 2.24) is 0 Å². The van der Waals surface area contributed by atoms with Gasteiger partial charge in [0.1, 0.15) is 0 Å². The molecule has 0 saturated heterocycles. The van der Waals surface area contributed by atoms with Crippen LogP contribution in [0.4, 0.5) is 5.69 Å². The summed E-state index contributed by atoms with van der Waals surface area (Å²) in [6.07, 6.45) is -2.48. The van der Waals surface area contributed by atoms with Crippen molar-refractivity contribution in [2.24, 2.45) is 0 Å². The third-order valence-corrected chi connectivity index (χ3v) is 4.87. The number of hydrogen-bond donors (Lipinski definition) is 3. The molecular weight excluding hydrogens is 306 g/mol. The summed E-state index contributed by atoms with van der Waals surface area (Å²) < 4.78 is 11.2. The lowest BCUT2D eigenvalue weighted by Crippen LogP contribution is -2.55. The Hall–Kier alpha value is -2.18. The molecule has 3 N–H and O–H groups in total. The highest BCUT2D eigenvalue weighted by atomic mass is 16.7. The first-order valence-corrected chi connectivity index (χ1v) is 7.81. The van der Waals surface area contributed by atoms with Gasteiger partial charge in [0, 0.05) is 25.2 Å². The van der Waals surface area contributed by atoms with Gasteiger partial charge in [0.05, 0.1) is 5.69 Å². The van der Waals surface area contributed by atoms with E-state index in [2.05, 4.69) is 5.32 Å². The summed E-state index contributed by atoms with van der Waals surface area (Å²) in [5.41, 5.74) is 1.41. The second kappa shape index (κ2) is 5.43. The average molecular weight is 325 g/mol. The summed E-state index contributed by atoms with van der Waals surface area (Å²) in [6.45, 7) is 0. The van der Waals surface area contributed by atoms with E-state index in [9.17, 15) is 10.2 Å². The smallest absolute Gasteiger partial charge is 0.228 e. The summed E-state index contributed by atoms with van der Waals surface area (Å²) in [7, 11) is 2.94. The third-order valence-electron chi connectivity index (χ3n) is 4.87. The van der Waals surface area contributed by atoms with Crippen LogP contribution in [0.3, 0.4) is 0 Å². The van der Waals surface area contributed by atoms with Crippen molar-refractivity contribution in [2.75, 3.05) is 19.5 Å². The number of fused-ring (bicyclic) bond motifs is 6. The molecule has 3 aromatic carbocycles. The van der Waals surface area contributed by atoms with Gasteiger partial charge in [-0.15, -0.1) is 0 Å². The summed E-state index contributed by atoms with van der Waals surface area (Å²) in [6, 6.07) is 15.9. The van der Waals surface area contributed by atoms with Crippen molar-refractivity contribution in [3.05, 3.63) is 54.1 Å². The molecular formula is C19H19NO4. The zero-order chi connectivity index (χ0) is 16.9. The molecule has 0 radical (unpaired) electrons. The Morgan fingerprint density at radius 3 is 1.92 bits per heavy atom. The van der Waals surface area contributed by atoms with Crippen LogP contribution in [0.5, 0.6) is 0 Å².